The molecule has 0 saturated carbocycles. The molecular formula is C6H11ClN2. The second-order valence-electron chi connectivity index (χ2n) is 1.85. The first-order chi connectivity index (χ1) is 3.84. The molecule has 0 atom stereocenters. The highest BCUT2D eigenvalue weighted by Crippen LogP contribution is 1.94. The molecule has 0 bridgehead atoms. The van der Waals surface area contributed by atoms with Crippen LogP contribution in [-0.2, 0) is 13.5 Å². The van der Waals surface area contributed by atoms with Crippen LogP contribution in [0.5, 0.6) is 0 Å². The summed E-state index contributed by atoms with van der Waals surface area (Å²) in [5.74, 6) is 0. The van der Waals surface area contributed by atoms with E-state index < -0.39 is 0 Å². The third-order valence-corrected chi connectivity index (χ3v) is 1.28. The van der Waals surface area contributed by atoms with Crippen LogP contribution >= 0.6 is 12.4 Å². The van der Waals surface area contributed by atoms with Crippen molar-refractivity contribution >= 4 is 12.4 Å². The SMILES string of the molecule is CCc1cncn1C.Cl. The van der Waals surface area contributed by atoms with E-state index in [4.69, 9.17) is 0 Å². The Morgan fingerprint density at radius 3 is 2.56 bits per heavy atom. The monoisotopic (exact) mass is 146 g/mol. The van der Waals surface area contributed by atoms with Gasteiger partial charge in [-0.1, -0.05) is 6.92 Å². The lowest BCUT2D eigenvalue weighted by Gasteiger charge is -1.93. The standard InChI is InChI=1S/C6H10N2.ClH/c1-3-6-4-7-5-8(6)2;/h4-5H,3H2,1-2H3;1H. The largest absolute Gasteiger partial charge is 0.338 e. The number of hydrogen-bond acceptors (Lipinski definition) is 1. The predicted octanol–water partition coefficient (Wildman–Crippen LogP) is 1.40. The molecule has 0 saturated heterocycles. The molecule has 0 unspecified atom stereocenters. The minimum absolute atomic E-state index is 0. The van der Waals surface area contributed by atoms with E-state index in [1.54, 1.807) is 0 Å². The lowest BCUT2D eigenvalue weighted by atomic mass is 10.4. The summed E-state index contributed by atoms with van der Waals surface area (Å²) in [4.78, 5) is 3.96. The summed E-state index contributed by atoms with van der Waals surface area (Å²) >= 11 is 0. The van der Waals surface area contributed by atoms with Crippen molar-refractivity contribution in [3.8, 4) is 0 Å². The zero-order valence-corrected chi connectivity index (χ0v) is 6.48. The Kier molecular flexibility index (Phi) is 3.32. The topological polar surface area (TPSA) is 17.8 Å². The molecule has 0 radical (unpaired) electrons. The second kappa shape index (κ2) is 3.51. The maximum absolute atomic E-state index is 3.96. The van der Waals surface area contributed by atoms with E-state index in [1.165, 1.54) is 5.69 Å². The van der Waals surface area contributed by atoms with Crippen LogP contribution in [0.1, 0.15) is 12.6 Å². The van der Waals surface area contributed by atoms with Gasteiger partial charge in [0.2, 0.25) is 0 Å². The molecule has 0 aliphatic carbocycles. The van der Waals surface area contributed by atoms with Crippen LogP contribution in [0.3, 0.4) is 0 Å². The maximum atomic E-state index is 3.96. The van der Waals surface area contributed by atoms with Crippen molar-refractivity contribution < 1.29 is 0 Å². The molecular weight excluding hydrogens is 136 g/mol. The van der Waals surface area contributed by atoms with Crippen LogP contribution in [0.4, 0.5) is 0 Å². The average molecular weight is 147 g/mol. The quantitative estimate of drug-likeness (QED) is 0.586. The minimum atomic E-state index is 0. The normalized spacial score (nSPS) is 8.67. The van der Waals surface area contributed by atoms with Crippen molar-refractivity contribution in [1.29, 1.82) is 0 Å². The number of imidazole rings is 1. The second-order valence-corrected chi connectivity index (χ2v) is 1.85. The molecule has 1 aromatic heterocycles. The fraction of sp³-hybridized carbons (Fsp3) is 0.500. The van der Waals surface area contributed by atoms with Gasteiger partial charge in [-0.3, -0.25) is 0 Å². The Hall–Kier alpha value is -0.500. The summed E-state index contributed by atoms with van der Waals surface area (Å²) < 4.78 is 2.03. The Balaban J connectivity index is 0.000000640. The van der Waals surface area contributed by atoms with Crippen molar-refractivity contribution in [1.82, 2.24) is 9.55 Å². The van der Waals surface area contributed by atoms with Crippen molar-refractivity contribution in [3.05, 3.63) is 18.2 Å². The molecule has 9 heavy (non-hydrogen) atoms. The summed E-state index contributed by atoms with van der Waals surface area (Å²) in [5, 5.41) is 0. The highest BCUT2D eigenvalue weighted by Gasteiger charge is 1.89. The van der Waals surface area contributed by atoms with Gasteiger partial charge < -0.3 is 4.57 Å². The van der Waals surface area contributed by atoms with E-state index in [9.17, 15) is 0 Å². The first kappa shape index (κ1) is 8.50. The number of aryl methyl sites for hydroxylation is 2. The van der Waals surface area contributed by atoms with Gasteiger partial charge >= 0.3 is 0 Å². The van der Waals surface area contributed by atoms with Gasteiger partial charge in [0.1, 0.15) is 0 Å². The molecule has 0 fully saturated rings. The Morgan fingerprint density at radius 1 is 1.67 bits per heavy atom. The molecule has 1 rings (SSSR count). The summed E-state index contributed by atoms with van der Waals surface area (Å²) in [5.41, 5.74) is 1.28. The van der Waals surface area contributed by atoms with Gasteiger partial charge in [0.05, 0.1) is 6.33 Å². The van der Waals surface area contributed by atoms with E-state index in [0.717, 1.165) is 6.42 Å². The smallest absolute Gasteiger partial charge is 0.0945 e. The summed E-state index contributed by atoms with van der Waals surface area (Å²) in [6, 6.07) is 0. The van der Waals surface area contributed by atoms with Crippen LogP contribution in [0.2, 0.25) is 0 Å². The number of halogens is 1. The minimum Gasteiger partial charge on any atom is -0.338 e. The number of hydrogen-bond donors (Lipinski definition) is 0. The molecule has 3 heteroatoms. The van der Waals surface area contributed by atoms with Crippen LogP contribution in [-0.4, -0.2) is 9.55 Å². The third kappa shape index (κ3) is 1.72. The van der Waals surface area contributed by atoms with Crippen molar-refractivity contribution in [3.63, 3.8) is 0 Å². The van der Waals surface area contributed by atoms with Gasteiger partial charge in [0, 0.05) is 18.9 Å². The molecule has 0 aromatic carbocycles. The fourth-order valence-electron chi connectivity index (χ4n) is 0.725. The first-order valence-corrected chi connectivity index (χ1v) is 2.79. The van der Waals surface area contributed by atoms with Gasteiger partial charge in [0.25, 0.3) is 0 Å². The highest BCUT2D eigenvalue weighted by molar-refractivity contribution is 5.85. The third-order valence-electron chi connectivity index (χ3n) is 1.28. The molecule has 52 valence electrons. The van der Waals surface area contributed by atoms with Gasteiger partial charge in [0.15, 0.2) is 0 Å². The maximum Gasteiger partial charge on any atom is 0.0945 e. The van der Waals surface area contributed by atoms with Crippen LogP contribution in [0.15, 0.2) is 12.5 Å². The zero-order chi connectivity index (χ0) is 5.98. The Bertz CT molecular complexity index is 171. The molecule has 1 aromatic rings. The Labute approximate surface area is 61.3 Å². The molecule has 0 N–H and O–H groups in total. The number of rotatable bonds is 1. The van der Waals surface area contributed by atoms with E-state index >= 15 is 0 Å². The van der Waals surface area contributed by atoms with Crippen LogP contribution in [0, 0.1) is 0 Å². The Morgan fingerprint density at radius 2 is 2.33 bits per heavy atom. The van der Waals surface area contributed by atoms with Crippen LogP contribution < -0.4 is 0 Å². The molecule has 0 aliphatic heterocycles. The van der Waals surface area contributed by atoms with E-state index in [0.29, 0.717) is 0 Å². The van der Waals surface area contributed by atoms with Gasteiger partial charge in [-0.05, 0) is 6.42 Å². The van der Waals surface area contributed by atoms with Gasteiger partial charge in [-0.2, -0.15) is 0 Å². The van der Waals surface area contributed by atoms with E-state index in [1.807, 2.05) is 24.1 Å². The summed E-state index contributed by atoms with van der Waals surface area (Å²) in [6.07, 6.45) is 4.77. The predicted molar refractivity (Wildman–Crippen MR) is 39.8 cm³/mol. The van der Waals surface area contributed by atoms with E-state index in [-0.39, 0.29) is 12.4 Å². The van der Waals surface area contributed by atoms with Gasteiger partial charge in [-0.25, -0.2) is 4.98 Å². The fourth-order valence-corrected chi connectivity index (χ4v) is 0.725. The lowest BCUT2D eigenvalue weighted by molar-refractivity contribution is 0.833. The average Bonchev–Trinajstić information content (AvgIpc) is 2.14. The first-order valence-electron chi connectivity index (χ1n) is 2.79. The van der Waals surface area contributed by atoms with E-state index in [2.05, 4.69) is 11.9 Å². The highest BCUT2D eigenvalue weighted by atomic mass is 35.5. The molecule has 1 heterocycles. The lowest BCUT2D eigenvalue weighted by Crippen LogP contribution is -1.90. The molecule has 0 spiro atoms. The van der Waals surface area contributed by atoms with Crippen LogP contribution in [0.25, 0.3) is 0 Å². The summed E-state index contributed by atoms with van der Waals surface area (Å²) in [7, 11) is 2.01. The van der Waals surface area contributed by atoms with Gasteiger partial charge in [-0.15, -0.1) is 12.4 Å². The van der Waals surface area contributed by atoms with Crippen molar-refractivity contribution in [2.75, 3.05) is 0 Å². The van der Waals surface area contributed by atoms with Crippen molar-refractivity contribution in [2.24, 2.45) is 7.05 Å². The number of nitrogens with zero attached hydrogens (tertiary/aromatic N) is 2. The number of aromatic nitrogens is 2. The molecule has 0 amide bonds. The molecule has 0 aliphatic rings. The summed E-state index contributed by atoms with van der Waals surface area (Å²) in [6.45, 7) is 2.12. The molecule has 2 nitrogen and oxygen atoms in total. The zero-order valence-electron chi connectivity index (χ0n) is 5.66. The van der Waals surface area contributed by atoms with Crippen molar-refractivity contribution in [2.45, 2.75) is 13.3 Å².